The number of unbranched alkanes of at least 4 members (excludes halogenated alkanes) is 1. The monoisotopic (exact) mass is 338 g/mol. The number of ether oxygens (including phenoxy) is 1. The zero-order chi connectivity index (χ0) is 17.5. The molecule has 0 aliphatic carbocycles. The second-order valence-corrected chi connectivity index (χ2v) is 6.52. The van der Waals surface area contributed by atoms with Gasteiger partial charge in [-0.25, -0.2) is 4.39 Å². The largest absolute Gasteiger partial charge is 0.544 e. The number of benzene rings is 1. The van der Waals surface area contributed by atoms with Gasteiger partial charge >= 0.3 is 0 Å². The summed E-state index contributed by atoms with van der Waals surface area (Å²) < 4.78 is 18.7. The van der Waals surface area contributed by atoms with Crippen LogP contribution in [0, 0.1) is 12.7 Å². The van der Waals surface area contributed by atoms with Gasteiger partial charge < -0.3 is 19.5 Å². The molecule has 1 aliphatic rings. The van der Waals surface area contributed by atoms with E-state index in [9.17, 15) is 14.3 Å². The minimum Gasteiger partial charge on any atom is -0.544 e. The highest BCUT2D eigenvalue weighted by atomic mass is 19.1. The van der Waals surface area contributed by atoms with Crippen LogP contribution in [0.2, 0.25) is 0 Å². The zero-order valence-electron chi connectivity index (χ0n) is 14.5. The number of carbonyl (C=O) groups is 1. The van der Waals surface area contributed by atoms with E-state index in [0.717, 1.165) is 57.1 Å². The van der Waals surface area contributed by atoms with Crippen molar-refractivity contribution in [2.75, 3.05) is 46.4 Å². The molecule has 1 saturated heterocycles. The van der Waals surface area contributed by atoms with Gasteiger partial charge in [-0.1, -0.05) is 0 Å². The lowest BCUT2D eigenvalue weighted by molar-refractivity contribution is -0.905. The van der Waals surface area contributed by atoms with Crippen LogP contribution in [0.25, 0.3) is 0 Å². The predicted octanol–water partition coefficient (Wildman–Crippen LogP) is -0.448. The van der Waals surface area contributed by atoms with Crippen molar-refractivity contribution in [1.82, 2.24) is 4.90 Å². The van der Waals surface area contributed by atoms with Crippen molar-refractivity contribution >= 4 is 5.97 Å². The van der Waals surface area contributed by atoms with Crippen LogP contribution in [-0.4, -0.2) is 57.3 Å². The fourth-order valence-electron chi connectivity index (χ4n) is 3.18. The SMILES string of the molecule is Cc1cc([C@H](C(=O)[O-])[NH+](C)CCCCN2CCOCC2)ccc1F. The number of carboxylic acid groups (broad SMARTS) is 1. The molecule has 1 heterocycles. The number of aliphatic carboxylic acids is 1. The number of quaternary nitrogens is 1. The summed E-state index contributed by atoms with van der Waals surface area (Å²) in [4.78, 5) is 14.8. The zero-order valence-corrected chi connectivity index (χ0v) is 14.5. The molecule has 0 radical (unpaired) electrons. The number of hydrogen-bond acceptors (Lipinski definition) is 4. The molecule has 134 valence electrons. The van der Waals surface area contributed by atoms with Crippen molar-refractivity contribution in [3.63, 3.8) is 0 Å². The topological polar surface area (TPSA) is 57.0 Å². The van der Waals surface area contributed by atoms with Crippen molar-refractivity contribution in [3.8, 4) is 0 Å². The number of carboxylic acids is 1. The molecule has 1 aliphatic heterocycles. The quantitative estimate of drug-likeness (QED) is 0.653. The summed E-state index contributed by atoms with van der Waals surface area (Å²) in [7, 11) is 1.86. The Morgan fingerprint density at radius 1 is 1.38 bits per heavy atom. The third kappa shape index (κ3) is 5.26. The van der Waals surface area contributed by atoms with Gasteiger partial charge in [0.1, 0.15) is 11.8 Å². The van der Waals surface area contributed by atoms with E-state index in [0.29, 0.717) is 11.1 Å². The first-order valence-electron chi connectivity index (χ1n) is 8.58. The number of morpholine rings is 1. The van der Waals surface area contributed by atoms with E-state index in [4.69, 9.17) is 4.74 Å². The molecular formula is C18H27FN2O3. The third-order valence-electron chi connectivity index (χ3n) is 4.64. The number of rotatable bonds is 8. The lowest BCUT2D eigenvalue weighted by atomic mass is 10.0. The molecule has 1 N–H and O–H groups in total. The average molecular weight is 338 g/mol. The van der Waals surface area contributed by atoms with E-state index in [1.165, 1.54) is 6.07 Å². The molecule has 6 heteroatoms. The van der Waals surface area contributed by atoms with E-state index >= 15 is 0 Å². The minimum atomic E-state index is -1.12. The fraction of sp³-hybridized carbons (Fsp3) is 0.611. The first-order valence-corrected chi connectivity index (χ1v) is 8.58. The van der Waals surface area contributed by atoms with E-state index in [-0.39, 0.29) is 5.82 Å². The van der Waals surface area contributed by atoms with Crippen molar-refractivity contribution in [3.05, 3.63) is 35.1 Å². The molecule has 0 saturated carbocycles. The molecule has 1 unspecified atom stereocenters. The number of nitrogens with zero attached hydrogens (tertiary/aromatic N) is 1. The Kier molecular flexibility index (Phi) is 7.15. The predicted molar refractivity (Wildman–Crippen MR) is 87.1 cm³/mol. The normalized spacial score (nSPS) is 18.3. The third-order valence-corrected chi connectivity index (χ3v) is 4.64. The Bertz CT molecular complexity index is 547. The number of hydrogen-bond donors (Lipinski definition) is 1. The number of carbonyl (C=O) groups excluding carboxylic acids is 1. The molecule has 0 aromatic heterocycles. The summed E-state index contributed by atoms with van der Waals surface area (Å²) in [5.41, 5.74) is 1.05. The summed E-state index contributed by atoms with van der Waals surface area (Å²) in [6, 6.07) is 3.70. The van der Waals surface area contributed by atoms with Gasteiger partial charge in [0, 0.05) is 18.7 Å². The van der Waals surface area contributed by atoms with Crippen molar-refractivity contribution in [2.24, 2.45) is 0 Å². The number of nitrogens with one attached hydrogen (secondary N) is 1. The summed E-state index contributed by atoms with van der Waals surface area (Å²) in [5.74, 6) is -1.44. The van der Waals surface area contributed by atoms with Gasteiger partial charge in [0.15, 0.2) is 6.04 Å². The van der Waals surface area contributed by atoms with Gasteiger partial charge in [0.25, 0.3) is 0 Å². The molecule has 0 bridgehead atoms. The molecule has 2 atom stereocenters. The first-order chi connectivity index (χ1) is 11.5. The smallest absolute Gasteiger partial charge is 0.153 e. The molecule has 1 aromatic rings. The van der Waals surface area contributed by atoms with Gasteiger partial charge in [-0.05, 0) is 50.1 Å². The average Bonchev–Trinajstić information content (AvgIpc) is 2.56. The number of likely N-dealkylation sites (N-methyl/N-ethyl adjacent to an activating group) is 1. The highest BCUT2D eigenvalue weighted by molar-refractivity contribution is 5.71. The maximum Gasteiger partial charge on any atom is 0.153 e. The molecule has 1 fully saturated rings. The highest BCUT2D eigenvalue weighted by Gasteiger charge is 2.22. The van der Waals surface area contributed by atoms with Crippen LogP contribution >= 0.6 is 0 Å². The molecule has 2 rings (SSSR count). The molecule has 5 nitrogen and oxygen atoms in total. The van der Waals surface area contributed by atoms with Gasteiger partial charge in [0.05, 0.1) is 26.8 Å². The van der Waals surface area contributed by atoms with Gasteiger partial charge in [0.2, 0.25) is 0 Å². The van der Waals surface area contributed by atoms with Crippen LogP contribution in [0.15, 0.2) is 18.2 Å². The first kappa shape index (κ1) is 18.8. The Morgan fingerprint density at radius 2 is 2.08 bits per heavy atom. The lowest BCUT2D eigenvalue weighted by Crippen LogP contribution is -3.10. The maximum absolute atomic E-state index is 13.4. The standard InChI is InChI=1S/C18H27FN2O3/c1-14-13-15(5-6-16(14)19)17(18(22)23)20(2)7-3-4-8-21-9-11-24-12-10-21/h5-6,13,17H,3-4,7-12H2,1-2H3,(H,22,23)/t17-/m1/s1. The van der Waals surface area contributed by atoms with Crippen molar-refractivity contribution in [1.29, 1.82) is 0 Å². The Labute approximate surface area is 143 Å². The second-order valence-electron chi connectivity index (χ2n) is 6.52. The highest BCUT2D eigenvalue weighted by Crippen LogP contribution is 2.14. The maximum atomic E-state index is 13.4. The van der Waals surface area contributed by atoms with Gasteiger partial charge in [-0.2, -0.15) is 0 Å². The van der Waals surface area contributed by atoms with Crippen molar-refractivity contribution < 1.29 is 23.9 Å². The molecule has 0 spiro atoms. The van der Waals surface area contributed by atoms with Crippen LogP contribution in [0.4, 0.5) is 4.39 Å². The summed E-state index contributed by atoms with van der Waals surface area (Å²) in [6.07, 6.45) is 1.96. The minimum absolute atomic E-state index is 0.320. The van der Waals surface area contributed by atoms with E-state index < -0.39 is 12.0 Å². The van der Waals surface area contributed by atoms with E-state index in [1.807, 2.05) is 7.05 Å². The number of aryl methyl sites for hydroxylation is 1. The Hall–Kier alpha value is -1.50. The van der Waals surface area contributed by atoms with Crippen LogP contribution in [0.1, 0.15) is 30.0 Å². The van der Waals surface area contributed by atoms with Crippen LogP contribution in [0.3, 0.4) is 0 Å². The lowest BCUT2D eigenvalue weighted by Gasteiger charge is -2.28. The Morgan fingerprint density at radius 3 is 2.71 bits per heavy atom. The molecular weight excluding hydrogens is 311 g/mol. The number of halogens is 1. The van der Waals surface area contributed by atoms with E-state index in [1.54, 1.807) is 19.1 Å². The Balaban J connectivity index is 1.85. The second kappa shape index (κ2) is 9.11. The molecule has 24 heavy (non-hydrogen) atoms. The van der Waals surface area contributed by atoms with Crippen molar-refractivity contribution in [2.45, 2.75) is 25.8 Å². The van der Waals surface area contributed by atoms with Gasteiger partial charge in [-0.15, -0.1) is 0 Å². The van der Waals surface area contributed by atoms with Gasteiger partial charge in [-0.3, -0.25) is 4.90 Å². The van der Waals surface area contributed by atoms with Crippen LogP contribution in [0.5, 0.6) is 0 Å². The summed E-state index contributed by atoms with van der Waals surface area (Å²) >= 11 is 0. The summed E-state index contributed by atoms with van der Waals surface area (Å²) in [6.45, 7) is 6.92. The molecule has 0 amide bonds. The van der Waals surface area contributed by atoms with Crippen LogP contribution < -0.4 is 10.0 Å². The molecule has 1 aromatic carbocycles. The fourth-order valence-corrected chi connectivity index (χ4v) is 3.18. The van der Waals surface area contributed by atoms with Crippen LogP contribution in [-0.2, 0) is 9.53 Å². The summed E-state index contributed by atoms with van der Waals surface area (Å²) in [5, 5.41) is 11.6. The van der Waals surface area contributed by atoms with E-state index in [2.05, 4.69) is 4.90 Å².